The summed E-state index contributed by atoms with van der Waals surface area (Å²) in [5.41, 5.74) is 9.59. The second kappa shape index (κ2) is 6.16. The van der Waals surface area contributed by atoms with Gasteiger partial charge in [-0.1, -0.05) is 0 Å². The summed E-state index contributed by atoms with van der Waals surface area (Å²) in [6.45, 7) is 2.52. The summed E-state index contributed by atoms with van der Waals surface area (Å²) < 4.78 is 33.2. The molecule has 3 heterocycles. The summed E-state index contributed by atoms with van der Waals surface area (Å²) in [6.07, 6.45) is 0.175. The summed E-state index contributed by atoms with van der Waals surface area (Å²) in [6, 6.07) is 3.39. The number of nitrogens with two attached hydrogens (primary N) is 1. The molecule has 2 N–H and O–H groups in total. The van der Waals surface area contributed by atoms with Crippen molar-refractivity contribution >= 4 is 11.8 Å². The Kier molecular flexibility index (Phi) is 4.17. The molecule has 1 fully saturated rings. The van der Waals surface area contributed by atoms with Gasteiger partial charge in [0.1, 0.15) is 17.7 Å². The first kappa shape index (κ1) is 15.6. The summed E-state index contributed by atoms with van der Waals surface area (Å²) in [5, 5.41) is 0. The maximum absolute atomic E-state index is 14.0. The Bertz CT molecular complexity index is 635. The van der Waals surface area contributed by atoms with Gasteiger partial charge in [-0.2, -0.15) is 11.8 Å². The van der Waals surface area contributed by atoms with E-state index < -0.39 is 17.7 Å². The molecular formula is C17H20F2N2OS. The minimum Gasteiger partial charge on any atom is -0.370 e. The molecule has 3 atom stereocenters. The monoisotopic (exact) mass is 338 g/mol. The Balaban J connectivity index is 1.43. The Morgan fingerprint density at radius 1 is 1.17 bits per heavy atom. The number of rotatable bonds is 2. The first-order valence-corrected chi connectivity index (χ1v) is 9.11. The van der Waals surface area contributed by atoms with E-state index in [9.17, 15) is 8.78 Å². The molecule has 0 aromatic heterocycles. The van der Waals surface area contributed by atoms with Crippen molar-refractivity contribution < 1.29 is 13.5 Å². The smallest absolute Gasteiger partial charge is 0.129 e. The van der Waals surface area contributed by atoms with Gasteiger partial charge in [0.25, 0.3) is 0 Å². The molecule has 6 heteroatoms. The molecule has 1 aromatic rings. The molecule has 0 radical (unpaired) electrons. The van der Waals surface area contributed by atoms with Gasteiger partial charge in [-0.25, -0.2) is 8.78 Å². The van der Waals surface area contributed by atoms with Gasteiger partial charge in [-0.3, -0.25) is 4.90 Å². The average Bonchev–Trinajstić information content (AvgIpc) is 3.11. The van der Waals surface area contributed by atoms with Crippen molar-refractivity contribution in [2.75, 3.05) is 31.2 Å². The van der Waals surface area contributed by atoms with E-state index in [1.54, 1.807) is 11.1 Å². The first-order valence-electron chi connectivity index (χ1n) is 7.95. The molecule has 0 aliphatic carbocycles. The predicted octanol–water partition coefficient (Wildman–Crippen LogP) is 2.48. The van der Waals surface area contributed by atoms with E-state index in [4.69, 9.17) is 10.5 Å². The van der Waals surface area contributed by atoms with Crippen LogP contribution in [-0.2, 0) is 4.74 Å². The second-order valence-corrected chi connectivity index (χ2v) is 7.56. The molecule has 0 amide bonds. The highest BCUT2D eigenvalue weighted by Crippen LogP contribution is 2.36. The van der Waals surface area contributed by atoms with Crippen molar-refractivity contribution in [3.05, 3.63) is 46.5 Å². The molecule has 124 valence electrons. The third-order valence-corrected chi connectivity index (χ3v) is 6.13. The zero-order valence-corrected chi connectivity index (χ0v) is 13.6. The number of halogens is 2. The Morgan fingerprint density at radius 2 is 1.91 bits per heavy atom. The number of benzene rings is 1. The maximum atomic E-state index is 14.0. The lowest BCUT2D eigenvalue weighted by atomic mass is 9.93. The fraction of sp³-hybridized carbons (Fsp3) is 0.529. The molecule has 1 saturated heterocycles. The summed E-state index contributed by atoms with van der Waals surface area (Å²) in [4.78, 5) is 2.42. The number of nitrogens with zero attached hydrogens (tertiary/aromatic N) is 1. The van der Waals surface area contributed by atoms with Crippen LogP contribution in [0.5, 0.6) is 0 Å². The molecule has 3 nitrogen and oxygen atoms in total. The second-order valence-electron chi connectivity index (χ2n) is 6.58. The lowest BCUT2D eigenvalue weighted by Gasteiger charge is -2.39. The van der Waals surface area contributed by atoms with E-state index in [1.165, 1.54) is 6.07 Å². The highest BCUT2D eigenvalue weighted by Gasteiger charge is 2.37. The van der Waals surface area contributed by atoms with Gasteiger partial charge in [0.05, 0.1) is 6.61 Å². The lowest BCUT2D eigenvalue weighted by Crippen LogP contribution is -2.49. The van der Waals surface area contributed by atoms with Crippen LogP contribution in [0, 0.1) is 11.6 Å². The Morgan fingerprint density at radius 3 is 2.61 bits per heavy atom. The highest BCUT2D eigenvalue weighted by atomic mass is 32.2. The SMILES string of the molecule is N[C@H]1C[C@@H](N2CC3=C(CSC3)C2)CO[C@@H]1c1cc(F)ccc1F. The van der Waals surface area contributed by atoms with Gasteiger partial charge >= 0.3 is 0 Å². The molecule has 0 unspecified atom stereocenters. The number of thioether (sulfide) groups is 1. The quantitative estimate of drug-likeness (QED) is 0.841. The lowest BCUT2D eigenvalue weighted by molar-refractivity contribution is -0.0464. The number of hydrogen-bond donors (Lipinski definition) is 1. The third kappa shape index (κ3) is 2.93. The van der Waals surface area contributed by atoms with Crippen molar-refractivity contribution in [1.82, 2.24) is 4.90 Å². The van der Waals surface area contributed by atoms with Crippen LogP contribution in [0.2, 0.25) is 0 Å². The van der Waals surface area contributed by atoms with Crippen molar-refractivity contribution in [2.24, 2.45) is 5.73 Å². The van der Waals surface area contributed by atoms with E-state index in [1.807, 2.05) is 11.8 Å². The van der Waals surface area contributed by atoms with Gasteiger partial charge in [-0.05, 0) is 35.8 Å². The summed E-state index contributed by atoms with van der Waals surface area (Å²) >= 11 is 1.98. The van der Waals surface area contributed by atoms with E-state index in [0.717, 1.165) is 43.1 Å². The Labute approximate surface area is 138 Å². The molecule has 3 aliphatic rings. The summed E-state index contributed by atoms with van der Waals surface area (Å²) in [5.74, 6) is 1.37. The summed E-state index contributed by atoms with van der Waals surface area (Å²) in [7, 11) is 0. The van der Waals surface area contributed by atoms with Crippen LogP contribution < -0.4 is 5.73 Å². The minimum atomic E-state index is -0.570. The number of ether oxygens (including phenoxy) is 1. The van der Waals surface area contributed by atoms with Crippen LogP contribution in [-0.4, -0.2) is 48.2 Å². The zero-order chi connectivity index (χ0) is 16.0. The zero-order valence-electron chi connectivity index (χ0n) is 12.8. The fourth-order valence-electron chi connectivity index (χ4n) is 3.77. The van der Waals surface area contributed by atoms with E-state index in [0.29, 0.717) is 6.61 Å². The van der Waals surface area contributed by atoms with Crippen LogP contribution in [0.4, 0.5) is 8.78 Å². The van der Waals surface area contributed by atoms with Crippen LogP contribution in [0.1, 0.15) is 18.1 Å². The van der Waals surface area contributed by atoms with Gasteiger partial charge in [0, 0.05) is 42.2 Å². The third-order valence-electron chi connectivity index (χ3n) is 5.02. The van der Waals surface area contributed by atoms with Crippen LogP contribution in [0.3, 0.4) is 0 Å². The van der Waals surface area contributed by atoms with Gasteiger partial charge < -0.3 is 10.5 Å². The largest absolute Gasteiger partial charge is 0.370 e. The van der Waals surface area contributed by atoms with E-state index in [2.05, 4.69) is 4.90 Å². The molecule has 0 spiro atoms. The fourth-order valence-corrected chi connectivity index (χ4v) is 4.96. The first-order chi connectivity index (χ1) is 11.1. The molecule has 0 saturated carbocycles. The van der Waals surface area contributed by atoms with Crippen molar-refractivity contribution in [1.29, 1.82) is 0 Å². The van der Waals surface area contributed by atoms with Crippen molar-refractivity contribution in [3.8, 4) is 0 Å². The molecular weight excluding hydrogens is 318 g/mol. The average molecular weight is 338 g/mol. The molecule has 0 bridgehead atoms. The van der Waals surface area contributed by atoms with Gasteiger partial charge in [-0.15, -0.1) is 0 Å². The predicted molar refractivity (Wildman–Crippen MR) is 87.4 cm³/mol. The van der Waals surface area contributed by atoms with Gasteiger partial charge in [0.2, 0.25) is 0 Å². The maximum Gasteiger partial charge on any atom is 0.129 e. The highest BCUT2D eigenvalue weighted by molar-refractivity contribution is 7.99. The minimum absolute atomic E-state index is 0.231. The van der Waals surface area contributed by atoms with Crippen molar-refractivity contribution in [3.63, 3.8) is 0 Å². The topological polar surface area (TPSA) is 38.5 Å². The Hall–Kier alpha value is -0.950. The van der Waals surface area contributed by atoms with E-state index >= 15 is 0 Å². The normalized spacial score (nSPS) is 31.7. The van der Waals surface area contributed by atoms with Crippen LogP contribution in [0.25, 0.3) is 0 Å². The molecule has 1 aromatic carbocycles. The number of hydrogen-bond acceptors (Lipinski definition) is 4. The standard InChI is InChI=1S/C17H20F2N2OS/c18-12-1-2-15(19)14(3-12)17-16(20)4-13(7-22-17)21-5-10-8-23-9-11(10)6-21/h1-3,13,16-17H,4-9,20H2/t13-,16+,17-/m1/s1. The molecule has 4 rings (SSSR count). The van der Waals surface area contributed by atoms with Gasteiger partial charge in [0.15, 0.2) is 0 Å². The van der Waals surface area contributed by atoms with Crippen LogP contribution >= 0.6 is 11.8 Å². The molecule has 23 heavy (non-hydrogen) atoms. The van der Waals surface area contributed by atoms with Crippen LogP contribution in [0.15, 0.2) is 29.3 Å². The van der Waals surface area contributed by atoms with E-state index in [-0.39, 0.29) is 17.6 Å². The van der Waals surface area contributed by atoms with Crippen molar-refractivity contribution in [2.45, 2.75) is 24.6 Å². The molecule has 3 aliphatic heterocycles.